The van der Waals surface area contributed by atoms with Crippen molar-refractivity contribution >= 4 is 0 Å². The van der Waals surface area contributed by atoms with Crippen molar-refractivity contribution < 1.29 is 22.3 Å². The second-order valence-corrected chi connectivity index (χ2v) is 11.1. The molecule has 4 aliphatic rings. The fourth-order valence-electron chi connectivity index (χ4n) is 6.73. The predicted octanol–water partition coefficient (Wildman–Crippen LogP) is 9.59. The summed E-state index contributed by atoms with van der Waals surface area (Å²) < 4.78 is 63.9. The van der Waals surface area contributed by atoms with E-state index in [0.717, 1.165) is 57.3 Å². The third-order valence-corrected chi connectivity index (χ3v) is 8.96. The van der Waals surface area contributed by atoms with Gasteiger partial charge in [-0.25, -0.2) is 17.6 Å². The largest absolute Gasteiger partial charge is 0.490 e. The highest BCUT2D eigenvalue weighted by molar-refractivity contribution is 5.31. The van der Waals surface area contributed by atoms with Crippen LogP contribution in [-0.4, -0.2) is 6.61 Å². The molecule has 0 spiro atoms. The molecule has 0 bridgehead atoms. The van der Waals surface area contributed by atoms with E-state index in [0.29, 0.717) is 25.0 Å². The van der Waals surface area contributed by atoms with Crippen molar-refractivity contribution in [2.75, 3.05) is 6.61 Å². The molecule has 190 valence electrons. The molecule has 0 radical (unpaired) electrons. The van der Waals surface area contributed by atoms with Crippen LogP contribution in [0.4, 0.5) is 17.6 Å². The fourth-order valence-corrected chi connectivity index (χ4v) is 6.73. The van der Waals surface area contributed by atoms with Crippen molar-refractivity contribution in [3.8, 4) is 0 Å². The Bertz CT molecular complexity index is 838. The Morgan fingerprint density at radius 1 is 0.735 bits per heavy atom. The van der Waals surface area contributed by atoms with Gasteiger partial charge in [0.25, 0.3) is 0 Å². The Kier molecular flexibility index (Phi) is 8.63. The van der Waals surface area contributed by atoms with Crippen LogP contribution in [0.1, 0.15) is 90.9 Å². The summed E-state index contributed by atoms with van der Waals surface area (Å²) >= 11 is 0. The van der Waals surface area contributed by atoms with Gasteiger partial charge in [0.1, 0.15) is 11.7 Å². The molecule has 0 amide bonds. The quantitative estimate of drug-likeness (QED) is 0.330. The molecule has 0 saturated heterocycles. The monoisotopic (exact) mass is 480 g/mol. The van der Waals surface area contributed by atoms with E-state index < -0.39 is 23.3 Å². The van der Waals surface area contributed by atoms with E-state index in [1.165, 1.54) is 12.8 Å². The topological polar surface area (TPSA) is 9.23 Å². The summed E-state index contributed by atoms with van der Waals surface area (Å²) in [7, 11) is 0. The molecule has 2 atom stereocenters. The van der Waals surface area contributed by atoms with Crippen molar-refractivity contribution in [1.29, 1.82) is 0 Å². The van der Waals surface area contributed by atoms with Crippen LogP contribution in [0.25, 0.3) is 0 Å². The smallest absolute Gasteiger partial charge is 0.196 e. The molecule has 0 aromatic rings. The van der Waals surface area contributed by atoms with E-state index in [9.17, 15) is 17.6 Å². The van der Waals surface area contributed by atoms with Crippen molar-refractivity contribution in [2.24, 2.45) is 35.5 Å². The van der Waals surface area contributed by atoms with Crippen molar-refractivity contribution in [3.63, 3.8) is 0 Å². The summed E-state index contributed by atoms with van der Waals surface area (Å²) in [6.07, 6.45) is 14.5. The molecule has 2 unspecified atom stereocenters. The number of allylic oxidation sites excluding steroid dienone is 7. The van der Waals surface area contributed by atoms with Crippen LogP contribution in [0, 0.1) is 35.5 Å². The Hall–Kier alpha value is -1.52. The minimum atomic E-state index is -0.812. The van der Waals surface area contributed by atoms with Crippen molar-refractivity contribution in [1.82, 2.24) is 0 Å². The molecule has 0 heterocycles. The molecule has 4 rings (SSSR count). The lowest BCUT2D eigenvalue weighted by atomic mass is 9.72. The normalized spacial score (nSPS) is 35.2. The van der Waals surface area contributed by atoms with Crippen LogP contribution in [0.5, 0.6) is 0 Å². The maximum absolute atomic E-state index is 14.9. The lowest BCUT2D eigenvalue weighted by Gasteiger charge is -2.35. The average molecular weight is 481 g/mol. The van der Waals surface area contributed by atoms with Crippen LogP contribution < -0.4 is 0 Å². The molecular weight excluding hydrogens is 440 g/mol. The first kappa shape index (κ1) is 25.6. The van der Waals surface area contributed by atoms with E-state index in [-0.39, 0.29) is 35.3 Å². The lowest BCUT2D eigenvalue weighted by Crippen LogP contribution is -2.26. The van der Waals surface area contributed by atoms with Gasteiger partial charge in [0, 0.05) is 11.8 Å². The zero-order valence-electron chi connectivity index (χ0n) is 20.7. The second kappa shape index (κ2) is 11.5. The summed E-state index contributed by atoms with van der Waals surface area (Å²) in [6.45, 7) is 4.16. The van der Waals surface area contributed by atoms with E-state index in [2.05, 4.69) is 6.92 Å². The second-order valence-electron chi connectivity index (χ2n) is 11.1. The minimum absolute atomic E-state index is 0.0551. The highest BCUT2D eigenvalue weighted by Crippen LogP contribution is 2.45. The van der Waals surface area contributed by atoms with Crippen LogP contribution in [0.2, 0.25) is 0 Å². The van der Waals surface area contributed by atoms with Gasteiger partial charge in [-0.05, 0) is 93.6 Å². The Balaban J connectivity index is 1.24. The van der Waals surface area contributed by atoms with E-state index >= 15 is 0 Å². The predicted molar refractivity (Wildman–Crippen MR) is 128 cm³/mol. The summed E-state index contributed by atoms with van der Waals surface area (Å²) in [6, 6.07) is 0. The first-order valence-corrected chi connectivity index (χ1v) is 13.5. The SMILES string of the molecule is CCCC1CCC(C2CC=C(OCC3CCC(C4CC=C(C)C(F)=C4F)CC3)C(F)=C2F)CC1. The van der Waals surface area contributed by atoms with E-state index in [1.807, 2.05) is 0 Å². The number of hydrogen-bond donors (Lipinski definition) is 0. The summed E-state index contributed by atoms with van der Waals surface area (Å²) in [4.78, 5) is 0. The maximum atomic E-state index is 14.9. The van der Waals surface area contributed by atoms with Crippen LogP contribution in [0.3, 0.4) is 0 Å². The number of halogens is 4. The fraction of sp³-hybridized carbons (Fsp3) is 0.724. The molecular formula is C29H40F4O. The third kappa shape index (κ3) is 5.65. The molecule has 0 N–H and O–H groups in total. The summed E-state index contributed by atoms with van der Waals surface area (Å²) in [5.41, 5.74) is 0.394. The molecule has 2 saturated carbocycles. The summed E-state index contributed by atoms with van der Waals surface area (Å²) in [5, 5.41) is 0. The van der Waals surface area contributed by atoms with Gasteiger partial charge in [-0.1, -0.05) is 38.7 Å². The zero-order valence-corrected chi connectivity index (χ0v) is 20.7. The Morgan fingerprint density at radius 2 is 1.26 bits per heavy atom. The van der Waals surface area contributed by atoms with Gasteiger partial charge in [0.15, 0.2) is 17.4 Å². The average Bonchev–Trinajstić information content (AvgIpc) is 2.85. The van der Waals surface area contributed by atoms with Gasteiger partial charge in [-0.2, -0.15) is 0 Å². The number of ether oxygens (including phenoxy) is 1. The molecule has 0 aromatic heterocycles. The number of hydrogen-bond acceptors (Lipinski definition) is 1. The lowest BCUT2D eigenvalue weighted by molar-refractivity contribution is 0.108. The van der Waals surface area contributed by atoms with Crippen LogP contribution >= 0.6 is 0 Å². The highest BCUT2D eigenvalue weighted by atomic mass is 19.2. The zero-order chi connectivity index (χ0) is 24.2. The van der Waals surface area contributed by atoms with Crippen LogP contribution in [0.15, 0.2) is 46.8 Å². The first-order chi connectivity index (χ1) is 16.4. The van der Waals surface area contributed by atoms with Gasteiger partial charge in [-0.15, -0.1) is 0 Å². The van der Waals surface area contributed by atoms with Gasteiger partial charge in [0.2, 0.25) is 0 Å². The third-order valence-electron chi connectivity index (χ3n) is 8.96. The van der Waals surface area contributed by atoms with Crippen molar-refractivity contribution in [2.45, 2.75) is 90.9 Å². The number of rotatable bonds is 7. The summed E-state index contributed by atoms with van der Waals surface area (Å²) in [5.74, 6) is -2.04. The molecule has 34 heavy (non-hydrogen) atoms. The van der Waals surface area contributed by atoms with Gasteiger partial charge in [0.05, 0.1) is 6.61 Å². The van der Waals surface area contributed by atoms with E-state index in [1.54, 1.807) is 19.1 Å². The molecule has 4 aliphatic carbocycles. The maximum Gasteiger partial charge on any atom is 0.196 e. The van der Waals surface area contributed by atoms with Gasteiger partial charge < -0.3 is 4.74 Å². The van der Waals surface area contributed by atoms with Gasteiger partial charge in [-0.3, -0.25) is 0 Å². The van der Waals surface area contributed by atoms with Crippen molar-refractivity contribution in [3.05, 3.63) is 46.8 Å². The van der Waals surface area contributed by atoms with Gasteiger partial charge >= 0.3 is 0 Å². The minimum Gasteiger partial charge on any atom is -0.490 e. The molecule has 0 aliphatic heterocycles. The van der Waals surface area contributed by atoms with E-state index in [4.69, 9.17) is 4.74 Å². The Labute approximate surface area is 202 Å². The molecule has 1 nitrogen and oxygen atoms in total. The molecule has 0 aromatic carbocycles. The molecule has 5 heteroatoms. The Morgan fingerprint density at radius 3 is 1.85 bits per heavy atom. The molecule has 2 fully saturated rings. The van der Waals surface area contributed by atoms with Crippen LogP contribution in [-0.2, 0) is 4.74 Å². The highest BCUT2D eigenvalue weighted by Gasteiger charge is 2.36. The first-order valence-electron chi connectivity index (χ1n) is 13.5. The standard InChI is InChI=1S/C29H40F4O/c1-3-4-19-6-10-21(11-7-19)24-15-16-25(29(33)28(24)32)34-17-20-8-12-22(13-9-20)23-14-5-18(2)26(30)27(23)31/h5,16,19-24H,3-4,6-15,17H2,1-2H3.